The fraction of sp³-hybridized carbons (Fsp3) is 0.421. The largest absolute Gasteiger partial charge is 0.459 e. The molecule has 1 aromatic carbocycles. The lowest BCUT2D eigenvalue weighted by atomic mass is 10.1. The number of ether oxygens (including phenoxy) is 1. The number of esters is 1. The molecule has 0 saturated carbocycles. The van der Waals surface area contributed by atoms with Crippen LogP contribution in [0.25, 0.3) is 0 Å². The van der Waals surface area contributed by atoms with Crippen LogP contribution in [0.1, 0.15) is 31.0 Å². The molecule has 168 valence electrons. The summed E-state index contributed by atoms with van der Waals surface area (Å²) in [6.07, 6.45) is -4.15. The third kappa shape index (κ3) is 6.03. The first-order chi connectivity index (χ1) is 14.4. The minimum Gasteiger partial charge on any atom is -0.459 e. The Morgan fingerprint density at radius 1 is 1.32 bits per heavy atom. The number of hydrogen-bond donors (Lipinski definition) is 0. The Hall–Kier alpha value is -2.47. The monoisotopic (exact) mass is 476 g/mol. The summed E-state index contributed by atoms with van der Waals surface area (Å²) in [4.78, 5) is 29.3. The zero-order chi connectivity index (χ0) is 22.8. The first-order valence-corrected chi connectivity index (χ1v) is 11.9. The first kappa shape index (κ1) is 23.2. The number of carbonyl (C=O) groups excluding carboxylic acids is 2. The average Bonchev–Trinajstić information content (AvgIpc) is 3.25. The number of anilines is 2. The zero-order valence-electron chi connectivity index (χ0n) is 16.4. The van der Waals surface area contributed by atoms with Gasteiger partial charge in [-0.15, -0.1) is 11.3 Å². The number of amides is 1. The van der Waals surface area contributed by atoms with Crippen LogP contribution in [-0.2, 0) is 36.9 Å². The predicted octanol–water partition coefficient (Wildman–Crippen LogP) is 3.71. The maximum atomic E-state index is 13.0. The van der Waals surface area contributed by atoms with Crippen molar-refractivity contribution in [1.29, 1.82) is 0 Å². The number of carbonyl (C=O) groups is 2. The Kier molecular flexibility index (Phi) is 6.70. The third-order valence-corrected chi connectivity index (χ3v) is 7.35. The van der Waals surface area contributed by atoms with Gasteiger partial charge < -0.3 is 4.74 Å². The Morgan fingerprint density at radius 3 is 2.68 bits per heavy atom. The molecule has 31 heavy (non-hydrogen) atoms. The van der Waals surface area contributed by atoms with E-state index in [4.69, 9.17) is 4.74 Å². The molecular weight excluding hydrogens is 457 g/mol. The Bertz CT molecular complexity index is 1080. The topological polar surface area (TPSA) is 93.6 Å². The predicted molar refractivity (Wildman–Crippen MR) is 108 cm³/mol. The Labute approximate surface area is 180 Å². The standard InChI is InChI=1S/C19H19F3N2O5S2/c1-12(25)24(16-4-2-3-14(8-16)19(20,21)22)18-23-15(10-30-18)9-29-17(26)7-13-5-6-31(27,28)11-13/h2-4,8,10,13H,5-7,9,11H2,1H3. The minimum atomic E-state index is -4.56. The number of aromatic nitrogens is 1. The number of nitrogens with zero attached hydrogens (tertiary/aromatic N) is 2. The molecule has 0 bridgehead atoms. The van der Waals surface area contributed by atoms with Crippen molar-refractivity contribution in [3.05, 3.63) is 40.9 Å². The van der Waals surface area contributed by atoms with E-state index in [-0.39, 0.29) is 41.3 Å². The molecule has 12 heteroatoms. The molecule has 0 spiro atoms. The van der Waals surface area contributed by atoms with Crippen molar-refractivity contribution in [1.82, 2.24) is 4.98 Å². The van der Waals surface area contributed by atoms with Crippen LogP contribution in [0.3, 0.4) is 0 Å². The molecule has 0 radical (unpaired) electrons. The van der Waals surface area contributed by atoms with E-state index in [2.05, 4.69) is 4.98 Å². The Morgan fingerprint density at radius 2 is 2.06 bits per heavy atom. The van der Waals surface area contributed by atoms with E-state index in [9.17, 15) is 31.2 Å². The first-order valence-electron chi connectivity index (χ1n) is 9.23. The number of rotatable bonds is 6. The van der Waals surface area contributed by atoms with Crippen LogP contribution in [0.15, 0.2) is 29.6 Å². The van der Waals surface area contributed by atoms with Crippen molar-refractivity contribution in [2.45, 2.75) is 32.5 Å². The van der Waals surface area contributed by atoms with Crippen LogP contribution >= 0.6 is 11.3 Å². The lowest BCUT2D eigenvalue weighted by Crippen LogP contribution is -2.23. The maximum absolute atomic E-state index is 13.0. The maximum Gasteiger partial charge on any atom is 0.416 e. The number of thiazole rings is 1. The summed E-state index contributed by atoms with van der Waals surface area (Å²) in [5.41, 5.74) is -0.552. The second-order valence-electron chi connectivity index (χ2n) is 7.16. The van der Waals surface area contributed by atoms with Gasteiger partial charge in [0.25, 0.3) is 0 Å². The molecular formula is C19H19F3N2O5S2. The number of benzene rings is 1. The molecule has 1 amide bonds. The molecule has 1 fully saturated rings. The summed E-state index contributed by atoms with van der Waals surface area (Å²) in [5, 5.41) is 1.67. The van der Waals surface area contributed by atoms with Crippen LogP contribution in [0.2, 0.25) is 0 Å². The molecule has 2 heterocycles. The number of sulfone groups is 1. The van der Waals surface area contributed by atoms with Crippen molar-refractivity contribution in [2.24, 2.45) is 5.92 Å². The van der Waals surface area contributed by atoms with Gasteiger partial charge in [-0.05, 0) is 30.5 Å². The van der Waals surface area contributed by atoms with E-state index in [0.717, 1.165) is 28.4 Å². The lowest BCUT2D eigenvalue weighted by Gasteiger charge is -2.19. The van der Waals surface area contributed by atoms with Gasteiger partial charge in [0.1, 0.15) is 6.61 Å². The van der Waals surface area contributed by atoms with Crippen LogP contribution in [0.4, 0.5) is 24.0 Å². The molecule has 1 unspecified atom stereocenters. The highest BCUT2D eigenvalue weighted by Gasteiger charge is 2.32. The molecule has 3 rings (SSSR count). The molecule has 0 aliphatic carbocycles. The van der Waals surface area contributed by atoms with E-state index in [1.54, 1.807) is 0 Å². The summed E-state index contributed by atoms with van der Waals surface area (Å²) >= 11 is 1.02. The molecule has 1 aromatic heterocycles. The van der Waals surface area contributed by atoms with Crippen LogP contribution < -0.4 is 4.90 Å². The summed E-state index contributed by atoms with van der Waals surface area (Å²) in [6, 6.07) is 4.34. The SMILES string of the molecule is CC(=O)N(c1cccc(C(F)(F)F)c1)c1nc(COC(=O)CC2CCS(=O)(=O)C2)cs1. The average molecular weight is 476 g/mol. The zero-order valence-corrected chi connectivity index (χ0v) is 18.0. The molecule has 1 atom stereocenters. The number of alkyl halides is 3. The van der Waals surface area contributed by atoms with Gasteiger partial charge >= 0.3 is 12.1 Å². The van der Waals surface area contributed by atoms with Crippen molar-refractivity contribution in [2.75, 3.05) is 16.4 Å². The van der Waals surface area contributed by atoms with Gasteiger partial charge in [-0.1, -0.05) is 6.07 Å². The van der Waals surface area contributed by atoms with Crippen molar-refractivity contribution in [3.63, 3.8) is 0 Å². The Balaban J connectivity index is 1.67. The summed E-state index contributed by atoms with van der Waals surface area (Å²) in [6.45, 7) is 1.01. The highest BCUT2D eigenvalue weighted by molar-refractivity contribution is 7.91. The second-order valence-corrected chi connectivity index (χ2v) is 10.2. The van der Waals surface area contributed by atoms with Gasteiger partial charge in [0.2, 0.25) is 5.91 Å². The molecule has 7 nitrogen and oxygen atoms in total. The number of halogens is 3. The van der Waals surface area contributed by atoms with E-state index in [1.807, 2.05) is 0 Å². The van der Waals surface area contributed by atoms with Crippen molar-refractivity contribution >= 4 is 43.9 Å². The molecule has 2 aromatic rings. The summed E-state index contributed by atoms with van der Waals surface area (Å²) < 4.78 is 67.1. The smallest absolute Gasteiger partial charge is 0.416 e. The lowest BCUT2D eigenvalue weighted by molar-refractivity contribution is -0.146. The van der Waals surface area contributed by atoms with Crippen LogP contribution in [0.5, 0.6) is 0 Å². The van der Waals surface area contributed by atoms with Crippen molar-refractivity contribution in [3.8, 4) is 0 Å². The van der Waals surface area contributed by atoms with Gasteiger partial charge in [-0.3, -0.25) is 14.5 Å². The highest BCUT2D eigenvalue weighted by Crippen LogP contribution is 2.35. The van der Waals surface area contributed by atoms with E-state index >= 15 is 0 Å². The van der Waals surface area contributed by atoms with Crippen LogP contribution in [0, 0.1) is 5.92 Å². The summed E-state index contributed by atoms with van der Waals surface area (Å²) in [7, 11) is -3.09. The van der Waals surface area contributed by atoms with E-state index < -0.39 is 33.5 Å². The van der Waals surface area contributed by atoms with E-state index in [1.165, 1.54) is 24.4 Å². The van der Waals surface area contributed by atoms with Gasteiger partial charge in [0, 0.05) is 18.7 Å². The minimum absolute atomic E-state index is 0.0139. The second kappa shape index (κ2) is 8.95. The van der Waals surface area contributed by atoms with Gasteiger partial charge in [0.15, 0.2) is 15.0 Å². The summed E-state index contributed by atoms with van der Waals surface area (Å²) in [5.74, 6) is -1.32. The van der Waals surface area contributed by atoms with Crippen LogP contribution in [-0.4, -0.2) is 36.8 Å². The fourth-order valence-corrected chi connectivity index (χ4v) is 5.93. The quantitative estimate of drug-likeness (QED) is 0.590. The fourth-order valence-electron chi connectivity index (χ4n) is 3.20. The molecule has 1 aliphatic heterocycles. The number of hydrogen-bond acceptors (Lipinski definition) is 7. The molecule has 1 saturated heterocycles. The van der Waals surface area contributed by atoms with E-state index in [0.29, 0.717) is 12.1 Å². The van der Waals surface area contributed by atoms with Gasteiger partial charge in [-0.25, -0.2) is 13.4 Å². The van der Waals surface area contributed by atoms with Gasteiger partial charge in [0.05, 0.1) is 28.5 Å². The highest BCUT2D eigenvalue weighted by atomic mass is 32.2. The molecule has 1 aliphatic rings. The normalized spacial score (nSPS) is 18.0. The van der Waals surface area contributed by atoms with Crippen molar-refractivity contribution < 1.29 is 35.9 Å². The third-order valence-electron chi connectivity index (χ3n) is 4.64. The van der Waals surface area contributed by atoms with Gasteiger partial charge in [-0.2, -0.15) is 13.2 Å². The molecule has 0 N–H and O–H groups in total.